The summed E-state index contributed by atoms with van der Waals surface area (Å²) >= 11 is 6.70. The Kier molecular flexibility index (Phi) is 3.81. The lowest BCUT2D eigenvalue weighted by molar-refractivity contribution is 0.495. The molecular formula is C13H11BrN2OS2. The fourth-order valence-electron chi connectivity index (χ4n) is 1.74. The van der Waals surface area contributed by atoms with Crippen LogP contribution in [0.15, 0.2) is 43.8 Å². The summed E-state index contributed by atoms with van der Waals surface area (Å²) < 4.78 is 8.51. The SMILES string of the molecule is CSc1nc2ccc(NCc3ccc(Br)o3)cc2s1. The van der Waals surface area contributed by atoms with Gasteiger partial charge in [-0.1, -0.05) is 11.8 Å². The van der Waals surface area contributed by atoms with Crippen molar-refractivity contribution in [3.8, 4) is 0 Å². The number of benzene rings is 1. The van der Waals surface area contributed by atoms with Crippen molar-refractivity contribution in [2.75, 3.05) is 11.6 Å². The first kappa shape index (κ1) is 13.0. The van der Waals surface area contributed by atoms with E-state index in [4.69, 9.17) is 4.42 Å². The summed E-state index contributed by atoms with van der Waals surface area (Å²) in [6, 6.07) is 10.1. The lowest BCUT2D eigenvalue weighted by atomic mass is 10.3. The number of hydrogen-bond donors (Lipinski definition) is 1. The van der Waals surface area contributed by atoms with Crippen molar-refractivity contribution in [1.82, 2.24) is 4.98 Å². The Balaban J connectivity index is 1.77. The molecule has 2 aromatic heterocycles. The molecular weight excluding hydrogens is 344 g/mol. The minimum atomic E-state index is 0.672. The number of thioether (sulfide) groups is 1. The van der Waals surface area contributed by atoms with Crippen LogP contribution < -0.4 is 5.32 Å². The number of thiazole rings is 1. The maximum atomic E-state index is 5.46. The van der Waals surface area contributed by atoms with E-state index in [0.717, 1.165) is 26.0 Å². The highest BCUT2D eigenvalue weighted by atomic mass is 79.9. The maximum Gasteiger partial charge on any atom is 0.169 e. The Morgan fingerprint density at radius 3 is 3.00 bits per heavy atom. The summed E-state index contributed by atoms with van der Waals surface area (Å²) in [6.45, 7) is 0.672. The molecule has 0 amide bonds. The van der Waals surface area contributed by atoms with E-state index in [-0.39, 0.29) is 0 Å². The highest BCUT2D eigenvalue weighted by Crippen LogP contribution is 2.30. The van der Waals surface area contributed by atoms with Crippen molar-refractivity contribution in [3.05, 3.63) is 40.8 Å². The van der Waals surface area contributed by atoms with E-state index in [9.17, 15) is 0 Å². The molecule has 0 atom stereocenters. The van der Waals surface area contributed by atoms with Gasteiger partial charge in [-0.3, -0.25) is 0 Å². The third-order valence-electron chi connectivity index (χ3n) is 2.64. The Labute approximate surface area is 127 Å². The van der Waals surface area contributed by atoms with E-state index in [1.54, 1.807) is 23.1 Å². The maximum absolute atomic E-state index is 5.46. The van der Waals surface area contributed by atoms with E-state index in [0.29, 0.717) is 6.54 Å². The normalized spacial score (nSPS) is 11.1. The fourth-order valence-corrected chi connectivity index (χ4v) is 3.61. The predicted molar refractivity (Wildman–Crippen MR) is 85.1 cm³/mol. The molecule has 0 unspecified atom stereocenters. The predicted octanol–water partition coefficient (Wildman–Crippen LogP) is 4.99. The molecule has 0 bridgehead atoms. The zero-order valence-corrected chi connectivity index (χ0v) is 13.4. The molecule has 98 valence electrons. The topological polar surface area (TPSA) is 38.1 Å². The molecule has 0 radical (unpaired) electrons. The van der Waals surface area contributed by atoms with Crippen LogP contribution in [-0.4, -0.2) is 11.2 Å². The Hall–Kier alpha value is -0.980. The van der Waals surface area contributed by atoms with Crippen LogP contribution in [0.3, 0.4) is 0 Å². The molecule has 3 aromatic rings. The largest absolute Gasteiger partial charge is 0.452 e. The zero-order chi connectivity index (χ0) is 13.2. The monoisotopic (exact) mass is 354 g/mol. The minimum absolute atomic E-state index is 0.672. The third-order valence-corrected chi connectivity index (χ3v) is 5.07. The number of nitrogens with one attached hydrogen (secondary N) is 1. The Morgan fingerprint density at radius 1 is 1.37 bits per heavy atom. The highest BCUT2D eigenvalue weighted by molar-refractivity contribution is 9.10. The van der Waals surface area contributed by atoms with Crippen molar-refractivity contribution in [2.24, 2.45) is 0 Å². The molecule has 0 spiro atoms. The van der Waals surface area contributed by atoms with Gasteiger partial charge < -0.3 is 9.73 Å². The van der Waals surface area contributed by atoms with Crippen molar-refractivity contribution in [2.45, 2.75) is 10.9 Å². The molecule has 1 N–H and O–H groups in total. The van der Waals surface area contributed by atoms with E-state index in [2.05, 4.69) is 32.3 Å². The average molecular weight is 355 g/mol. The summed E-state index contributed by atoms with van der Waals surface area (Å²) in [7, 11) is 0. The Morgan fingerprint density at radius 2 is 2.26 bits per heavy atom. The third kappa shape index (κ3) is 2.96. The summed E-state index contributed by atoms with van der Waals surface area (Å²) in [6.07, 6.45) is 2.05. The number of fused-ring (bicyclic) bond motifs is 1. The fraction of sp³-hybridized carbons (Fsp3) is 0.154. The Bertz CT molecular complexity index is 708. The number of halogens is 1. The van der Waals surface area contributed by atoms with Gasteiger partial charge in [0.15, 0.2) is 9.01 Å². The molecule has 19 heavy (non-hydrogen) atoms. The van der Waals surface area contributed by atoms with Gasteiger partial charge in [0, 0.05) is 5.69 Å². The zero-order valence-electron chi connectivity index (χ0n) is 10.1. The van der Waals surface area contributed by atoms with Gasteiger partial charge in [0.1, 0.15) is 5.76 Å². The number of nitrogens with zero attached hydrogens (tertiary/aromatic N) is 1. The number of furan rings is 1. The van der Waals surface area contributed by atoms with Gasteiger partial charge >= 0.3 is 0 Å². The molecule has 2 heterocycles. The lowest BCUT2D eigenvalue weighted by Crippen LogP contribution is -1.97. The van der Waals surface area contributed by atoms with Crippen LogP contribution >= 0.6 is 39.0 Å². The lowest BCUT2D eigenvalue weighted by Gasteiger charge is -2.03. The van der Waals surface area contributed by atoms with Crippen molar-refractivity contribution >= 4 is 54.9 Å². The van der Waals surface area contributed by atoms with Crippen molar-refractivity contribution in [1.29, 1.82) is 0 Å². The molecule has 0 aliphatic heterocycles. The molecule has 1 aromatic carbocycles. The van der Waals surface area contributed by atoms with Crippen molar-refractivity contribution in [3.63, 3.8) is 0 Å². The van der Waals surface area contributed by atoms with E-state index in [1.807, 2.05) is 30.5 Å². The van der Waals surface area contributed by atoms with Crippen LogP contribution in [0.1, 0.15) is 5.76 Å². The van der Waals surface area contributed by atoms with Crippen LogP contribution in [0.25, 0.3) is 10.2 Å². The summed E-state index contributed by atoms with van der Waals surface area (Å²) in [5.41, 5.74) is 2.14. The second-order valence-electron chi connectivity index (χ2n) is 3.93. The van der Waals surface area contributed by atoms with Gasteiger partial charge in [-0.05, 0) is 52.5 Å². The smallest absolute Gasteiger partial charge is 0.169 e. The highest BCUT2D eigenvalue weighted by Gasteiger charge is 2.04. The van der Waals surface area contributed by atoms with E-state index in [1.165, 1.54) is 4.70 Å². The number of hydrogen-bond acceptors (Lipinski definition) is 5. The first-order chi connectivity index (χ1) is 9.24. The quantitative estimate of drug-likeness (QED) is 0.670. The molecule has 0 saturated carbocycles. The average Bonchev–Trinajstić information content (AvgIpc) is 3.01. The van der Waals surface area contributed by atoms with Gasteiger partial charge in [-0.2, -0.15) is 0 Å². The molecule has 0 saturated heterocycles. The molecule has 0 aliphatic rings. The second-order valence-corrected chi connectivity index (χ2v) is 6.79. The molecule has 6 heteroatoms. The van der Waals surface area contributed by atoms with Gasteiger partial charge in [0.2, 0.25) is 0 Å². The summed E-state index contributed by atoms with van der Waals surface area (Å²) in [5.74, 6) is 0.904. The summed E-state index contributed by atoms with van der Waals surface area (Å²) in [5, 5.41) is 3.35. The number of anilines is 1. The summed E-state index contributed by atoms with van der Waals surface area (Å²) in [4.78, 5) is 4.52. The van der Waals surface area contributed by atoms with Gasteiger partial charge in [0.05, 0.1) is 16.8 Å². The van der Waals surface area contributed by atoms with Crippen LogP contribution in [0.2, 0.25) is 0 Å². The van der Waals surface area contributed by atoms with Crippen LogP contribution in [0.5, 0.6) is 0 Å². The minimum Gasteiger partial charge on any atom is -0.452 e. The molecule has 3 nitrogen and oxygen atoms in total. The van der Waals surface area contributed by atoms with Crippen LogP contribution in [0.4, 0.5) is 5.69 Å². The van der Waals surface area contributed by atoms with E-state index < -0.39 is 0 Å². The number of aromatic nitrogens is 1. The van der Waals surface area contributed by atoms with Crippen LogP contribution in [0, 0.1) is 0 Å². The first-order valence-corrected chi connectivity index (χ1v) is 8.51. The molecule has 3 rings (SSSR count). The van der Waals surface area contributed by atoms with E-state index >= 15 is 0 Å². The van der Waals surface area contributed by atoms with Crippen LogP contribution in [-0.2, 0) is 6.54 Å². The van der Waals surface area contributed by atoms with Gasteiger partial charge in [-0.15, -0.1) is 11.3 Å². The van der Waals surface area contributed by atoms with Gasteiger partial charge in [-0.25, -0.2) is 4.98 Å². The van der Waals surface area contributed by atoms with Crippen molar-refractivity contribution < 1.29 is 4.42 Å². The standard InChI is InChI=1S/C13H11BrN2OS2/c1-18-13-16-10-4-2-8(6-11(10)19-13)15-7-9-3-5-12(14)17-9/h2-6,15H,7H2,1H3. The number of rotatable bonds is 4. The molecule has 0 fully saturated rings. The van der Waals surface area contributed by atoms with Gasteiger partial charge in [0.25, 0.3) is 0 Å². The second kappa shape index (κ2) is 5.56. The first-order valence-electron chi connectivity index (χ1n) is 5.67. The molecule has 0 aliphatic carbocycles.